The molecule has 12 nitrogen and oxygen atoms in total. The Morgan fingerprint density at radius 1 is 0.206 bits per heavy atom. The highest BCUT2D eigenvalue weighted by Crippen LogP contribution is 2.48. The minimum absolute atomic E-state index is 0.0188. The Morgan fingerprint density at radius 3 is 0.890 bits per heavy atom. The van der Waals surface area contributed by atoms with Gasteiger partial charge in [-0.05, 0) is 163 Å². The molecule has 6 heterocycles. The van der Waals surface area contributed by atoms with E-state index in [-0.39, 0.29) is 81.5 Å². The molecule has 20 aromatic carbocycles. The summed E-state index contributed by atoms with van der Waals surface area (Å²) in [7, 11) is 0. The van der Waals surface area contributed by atoms with Crippen molar-refractivity contribution in [3.05, 3.63) is 472 Å². The van der Waals surface area contributed by atoms with E-state index in [9.17, 15) is 18.7 Å². The molecule has 0 aliphatic carbocycles. The van der Waals surface area contributed by atoms with Crippen LogP contribution in [0, 0.1) is 22.7 Å². The van der Waals surface area contributed by atoms with Crippen LogP contribution in [0.25, 0.3) is 244 Å². The average molecular weight is 1740 g/mol. The molecule has 0 fully saturated rings. The number of hydrogen-bond donors (Lipinski definition) is 0. The van der Waals surface area contributed by atoms with Crippen LogP contribution >= 0.6 is 0 Å². The molecule has 12 heteroatoms. The van der Waals surface area contributed by atoms with Crippen LogP contribution in [0.1, 0.15) is 19.4 Å². The molecule has 0 radical (unpaired) electrons. The molecule has 0 aliphatic rings. The van der Waals surface area contributed by atoms with Crippen LogP contribution in [0.2, 0.25) is 0 Å². The van der Waals surface area contributed by atoms with Crippen molar-refractivity contribution in [3.63, 3.8) is 0 Å². The summed E-state index contributed by atoms with van der Waals surface area (Å²) < 4.78 is 68.3. The Bertz CT molecular complexity index is 9690. The van der Waals surface area contributed by atoms with Gasteiger partial charge in [0.25, 0.3) is 0 Å². The number of para-hydroxylation sites is 4. The first kappa shape index (κ1) is 73.0. The molecule has 0 aliphatic heterocycles. The second-order valence-corrected chi connectivity index (χ2v) is 33.6. The second kappa shape index (κ2) is 33.3. The maximum Gasteiger partial charge on any atom is 0.164 e. The molecule has 0 atom stereocenters. The lowest BCUT2D eigenvalue weighted by Gasteiger charge is -2.15. The Labute approximate surface area is 790 Å². The molecule has 0 N–H and O–H groups in total. The number of nitriles is 2. The van der Waals surface area contributed by atoms with Gasteiger partial charge >= 0.3 is 0 Å². The van der Waals surface area contributed by atoms with E-state index < -0.39 is 0 Å². The number of fused-ring (bicyclic) bond motifs is 16. The first-order valence-electron chi connectivity index (χ1n) is 48.0. The number of rotatable bonds is 14. The SMILES string of the molecule is [2H]c1c([2H])c(-n2c3ccccc3c3ccc4c(c5ccccc5n4-c4ccc5ccccc5c4)c32)c(C#N)c([2H])c1-c1nc(-c2ccc(-c3ccccc3)cc2)nc(-c2ccccc2-c2ccccc2)n1.[2H]c1c([2H])c(-n2c3ccccc3c3ccc4c(c5ccccc5n4-c4ccc5ccccc5c4)c32)c(C#N)c([2H])c1-c1nc(-c2ccccc2-c2ccccc2)nc(-c2ccccc2-c2ccccc2)n1. The minimum atomic E-state index is -0.281. The van der Waals surface area contributed by atoms with Crippen LogP contribution < -0.4 is 0 Å². The topological polar surface area (TPSA) is 145 Å². The molecule has 0 saturated heterocycles. The van der Waals surface area contributed by atoms with Crippen LogP contribution in [-0.4, -0.2) is 48.2 Å². The van der Waals surface area contributed by atoms with Gasteiger partial charge in [-0.15, -0.1) is 0 Å². The molecule has 632 valence electrons. The van der Waals surface area contributed by atoms with Crippen LogP contribution in [0.4, 0.5) is 0 Å². The quantitative estimate of drug-likeness (QED) is 0.105. The summed E-state index contributed by atoms with van der Waals surface area (Å²) in [5.74, 6) is 1.35. The first-order valence-corrected chi connectivity index (χ1v) is 45.0. The summed E-state index contributed by atoms with van der Waals surface area (Å²) in [6, 6.07) is 145. The number of nitrogens with zero attached hydrogens (tertiary/aromatic N) is 12. The molecule has 0 saturated carbocycles. The Morgan fingerprint density at radius 2 is 0.500 bits per heavy atom. The molecule has 26 rings (SSSR count). The highest BCUT2D eigenvalue weighted by atomic mass is 15.1. The van der Waals surface area contributed by atoms with E-state index >= 15 is 0 Å². The maximum atomic E-state index is 11.4. The average Bonchev–Trinajstić information content (AvgIpc) is 1.53. The van der Waals surface area contributed by atoms with E-state index in [0.717, 1.165) is 181 Å². The minimum Gasteiger partial charge on any atom is -0.309 e. The van der Waals surface area contributed by atoms with Gasteiger partial charge < -0.3 is 18.3 Å². The second-order valence-electron chi connectivity index (χ2n) is 33.6. The first-order chi connectivity index (χ1) is 69.9. The van der Waals surface area contributed by atoms with Gasteiger partial charge in [-0.25, -0.2) is 29.9 Å². The largest absolute Gasteiger partial charge is 0.309 e. The third kappa shape index (κ3) is 13.6. The number of benzene rings is 20. The zero-order chi connectivity index (χ0) is 95.5. The fourth-order valence-electron chi connectivity index (χ4n) is 19.7. The van der Waals surface area contributed by atoms with Crippen molar-refractivity contribution in [2.45, 2.75) is 0 Å². The fraction of sp³-hybridized carbons (Fsp3) is 0. The summed E-state index contributed by atoms with van der Waals surface area (Å²) in [4.78, 5) is 30.4. The van der Waals surface area contributed by atoms with Gasteiger partial charge in [-0.3, -0.25) is 0 Å². The molecule has 0 bridgehead atoms. The lowest BCUT2D eigenvalue weighted by atomic mass is 9.98. The van der Waals surface area contributed by atoms with Crippen molar-refractivity contribution in [1.82, 2.24) is 48.2 Å². The molecular weight excluding hydrogens is 1660 g/mol. The van der Waals surface area contributed by atoms with Crippen molar-refractivity contribution in [1.29, 1.82) is 10.5 Å². The molecule has 0 unspecified atom stereocenters. The summed E-state index contributed by atoms with van der Waals surface area (Å²) in [6.45, 7) is 0. The van der Waals surface area contributed by atoms with Gasteiger partial charge in [0.15, 0.2) is 34.9 Å². The third-order valence-electron chi connectivity index (χ3n) is 25.9. The number of hydrogen-bond acceptors (Lipinski definition) is 8. The fourth-order valence-corrected chi connectivity index (χ4v) is 19.7. The van der Waals surface area contributed by atoms with Crippen molar-refractivity contribution in [3.8, 4) is 148 Å². The third-order valence-corrected chi connectivity index (χ3v) is 25.9. The van der Waals surface area contributed by atoms with Crippen molar-refractivity contribution < 1.29 is 8.22 Å². The summed E-state index contributed by atoms with van der Waals surface area (Å²) >= 11 is 0. The van der Waals surface area contributed by atoms with Gasteiger partial charge in [0.2, 0.25) is 0 Å². The van der Waals surface area contributed by atoms with Gasteiger partial charge in [0.1, 0.15) is 12.1 Å². The van der Waals surface area contributed by atoms with E-state index in [2.05, 4.69) is 143 Å². The number of aromatic nitrogens is 10. The maximum absolute atomic E-state index is 11.4. The van der Waals surface area contributed by atoms with Crippen molar-refractivity contribution in [2.75, 3.05) is 0 Å². The Balaban J connectivity index is 0.000000149. The highest BCUT2D eigenvalue weighted by Gasteiger charge is 2.28. The van der Waals surface area contributed by atoms with Crippen molar-refractivity contribution in [2.24, 2.45) is 0 Å². The zero-order valence-corrected chi connectivity index (χ0v) is 72.8. The van der Waals surface area contributed by atoms with Crippen LogP contribution in [0.15, 0.2) is 461 Å². The zero-order valence-electron chi connectivity index (χ0n) is 78.8. The van der Waals surface area contributed by atoms with Gasteiger partial charge in [0.05, 0.1) is 74.9 Å². The molecule has 6 aromatic heterocycles. The van der Waals surface area contributed by atoms with Gasteiger partial charge in [0, 0.05) is 87.8 Å². The molecule has 0 spiro atoms. The lowest BCUT2D eigenvalue weighted by Crippen LogP contribution is -2.03. The van der Waals surface area contributed by atoms with E-state index in [1.807, 2.05) is 312 Å². The van der Waals surface area contributed by atoms with Crippen LogP contribution in [0.3, 0.4) is 0 Å². The molecule has 26 aromatic rings. The van der Waals surface area contributed by atoms with E-state index in [0.29, 0.717) is 28.9 Å². The Kier molecular flexibility index (Phi) is 17.8. The van der Waals surface area contributed by atoms with Crippen molar-refractivity contribution >= 4 is 109 Å². The van der Waals surface area contributed by atoms with E-state index in [1.54, 1.807) is 0 Å². The van der Waals surface area contributed by atoms with Gasteiger partial charge in [-0.2, -0.15) is 10.5 Å². The summed E-state index contributed by atoms with van der Waals surface area (Å²) in [6.07, 6.45) is 0. The van der Waals surface area contributed by atoms with E-state index in [1.165, 1.54) is 0 Å². The monoisotopic (exact) mass is 1740 g/mol. The summed E-state index contributed by atoms with van der Waals surface area (Å²) in [5, 5.41) is 34.7. The normalized spacial score (nSPS) is 12.1. The summed E-state index contributed by atoms with van der Waals surface area (Å²) in [5.41, 5.74) is 19.5. The van der Waals surface area contributed by atoms with E-state index in [4.69, 9.17) is 29.9 Å². The standard InChI is InChI=1S/2C62H38N6/c63-39-45-37-44(60-64-61(51-26-11-9-23-47(51)41-18-3-1-4-19-41)66-62(65-60)52-27-12-10-24-48(52)42-20-5-2-6-21-42)32-35-54(45)68-55-29-15-13-25-49(55)50-34-36-57-58(59(50)68)53-28-14-16-30-56(53)67(57)46-33-31-40-17-7-8-22-43(40)38-46;63-39-47-37-46(61-64-60(44-29-27-42(28-30-44)40-15-3-1-4-16-40)65-62(66-61)52-23-10-9-21-49(52)43-18-5-2-6-19-43)32-35-54(47)68-55-25-13-11-22-50(55)51-34-36-57-58(59(51)68)53-24-12-14-26-56(53)67(57)48-33-31-41-17-7-8-20-45(41)38-48/h2*1-38H/i2*32D,35D,37D. The smallest absolute Gasteiger partial charge is 0.164 e. The van der Waals surface area contributed by atoms with Gasteiger partial charge in [-0.1, -0.05) is 364 Å². The molecular formula is C124H76N12. The molecule has 136 heavy (non-hydrogen) atoms. The highest BCUT2D eigenvalue weighted by molar-refractivity contribution is 6.28. The predicted molar refractivity (Wildman–Crippen MR) is 556 cm³/mol. The lowest BCUT2D eigenvalue weighted by molar-refractivity contribution is 1.07. The predicted octanol–water partition coefficient (Wildman–Crippen LogP) is 30.9. The van der Waals surface area contributed by atoms with Crippen LogP contribution in [-0.2, 0) is 0 Å². The van der Waals surface area contributed by atoms with Crippen LogP contribution in [0.5, 0.6) is 0 Å². The Hall–Kier alpha value is -18.9. The molecule has 0 amide bonds.